The van der Waals surface area contributed by atoms with Gasteiger partial charge in [-0.25, -0.2) is 0 Å². The van der Waals surface area contributed by atoms with Crippen LogP contribution < -0.4 is 4.74 Å². The van der Waals surface area contributed by atoms with Crippen molar-refractivity contribution in [3.05, 3.63) is 23.8 Å². The van der Waals surface area contributed by atoms with E-state index < -0.39 is 5.97 Å². The second-order valence-corrected chi connectivity index (χ2v) is 3.29. The molecule has 1 rings (SSSR count). The number of carbonyl (C=O) groups is 1. The van der Waals surface area contributed by atoms with E-state index >= 15 is 0 Å². The number of benzene rings is 1. The number of hydrogen-bond donors (Lipinski definition) is 2. The van der Waals surface area contributed by atoms with E-state index in [-0.39, 0.29) is 12.2 Å². The Kier molecular flexibility index (Phi) is 3.97. The van der Waals surface area contributed by atoms with Gasteiger partial charge in [-0.15, -0.1) is 0 Å². The Morgan fingerprint density at radius 3 is 2.80 bits per heavy atom. The van der Waals surface area contributed by atoms with Crippen molar-refractivity contribution in [2.24, 2.45) is 0 Å². The van der Waals surface area contributed by atoms with Crippen LogP contribution in [0, 0.1) is 6.92 Å². The summed E-state index contributed by atoms with van der Waals surface area (Å²) in [6.07, 6.45) is 0.590. The summed E-state index contributed by atoms with van der Waals surface area (Å²) in [5, 5.41) is 17.7. The molecule has 0 spiro atoms. The number of ether oxygens (including phenoxy) is 1. The molecule has 0 unspecified atom stereocenters. The Labute approximate surface area is 88.1 Å². The smallest absolute Gasteiger partial charge is 0.303 e. The summed E-state index contributed by atoms with van der Waals surface area (Å²) in [5.41, 5.74) is 0.741. The topological polar surface area (TPSA) is 66.8 Å². The molecule has 0 aliphatic carbocycles. The maximum Gasteiger partial charge on any atom is 0.303 e. The number of phenolic OH excluding ortho intramolecular Hbond substituents is 1. The molecule has 0 aliphatic rings. The highest BCUT2D eigenvalue weighted by Crippen LogP contribution is 2.21. The van der Waals surface area contributed by atoms with E-state index in [1.165, 1.54) is 0 Å². The molecule has 82 valence electrons. The van der Waals surface area contributed by atoms with Crippen LogP contribution in [0.15, 0.2) is 18.2 Å². The first-order valence-corrected chi connectivity index (χ1v) is 4.74. The highest BCUT2D eigenvalue weighted by Gasteiger charge is 2.00. The standard InChI is InChI=1S/C11H14O4/c1-8-7-9(4-5-10(8)12)15-6-2-3-11(13)14/h4-5,7,12H,2-3,6H2,1H3,(H,13,14). The van der Waals surface area contributed by atoms with Gasteiger partial charge < -0.3 is 14.9 Å². The minimum atomic E-state index is -0.819. The third-order valence-corrected chi connectivity index (χ3v) is 1.97. The van der Waals surface area contributed by atoms with Crippen LogP contribution in [-0.2, 0) is 4.79 Å². The zero-order chi connectivity index (χ0) is 11.3. The molecular weight excluding hydrogens is 196 g/mol. The summed E-state index contributed by atoms with van der Waals surface area (Å²) in [6, 6.07) is 4.93. The fraction of sp³-hybridized carbons (Fsp3) is 0.364. The lowest BCUT2D eigenvalue weighted by atomic mass is 10.2. The second kappa shape index (κ2) is 5.24. The first-order valence-electron chi connectivity index (χ1n) is 4.74. The molecule has 0 amide bonds. The van der Waals surface area contributed by atoms with E-state index in [1.807, 2.05) is 0 Å². The molecule has 0 aliphatic heterocycles. The summed E-state index contributed by atoms with van der Waals surface area (Å²) in [7, 11) is 0. The van der Waals surface area contributed by atoms with Crippen LogP contribution in [0.1, 0.15) is 18.4 Å². The molecular formula is C11H14O4. The Balaban J connectivity index is 2.38. The third kappa shape index (κ3) is 3.89. The van der Waals surface area contributed by atoms with Crippen LogP contribution >= 0.6 is 0 Å². The first-order chi connectivity index (χ1) is 7.09. The molecule has 0 radical (unpaired) electrons. The maximum absolute atomic E-state index is 10.2. The van der Waals surface area contributed by atoms with Crippen LogP contribution in [0.2, 0.25) is 0 Å². The van der Waals surface area contributed by atoms with Crippen molar-refractivity contribution in [1.29, 1.82) is 0 Å². The predicted octanol–water partition coefficient (Wildman–Crippen LogP) is 1.94. The van der Waals surface area contributed by atoms with Crippen molar-refractivity contribution in [3.63, 3.8) is 0 Å². The largest absolute Gasteiger partial charge is 0.508 e. The van der Waals surface area contributed by atoms with Gasteiger partial charge in [-0.1, -0.05) is 0 Å². The fourth-order valence-electron chi connectivity index (χ4n) is 1.13. The SMILES string of the molecule is Cc1cc(OCCCC(=O)O)ccc1O. The zero-order valence-electron chi connectivity index (χ0n) is 8.56. The van der Waals surface area contributed by atoms with Gasteiger partial charge in [0, 0.05) is 6.42 Å². The minimum Gasteiger partial charge on any atom is -0.508 e. The lowest BCUT2D eigenvalue weighted by Gasteiger charge is -2.06. The number of aromatic hydroxyl groups is 1. The molecule has 0 bridgehead atoms. The molecule has 15 heavy (non-hydrogen) atoms. The van der Waals surface area contributed by atoms with E-state index in [9.17, 15) is 9.90 Å². The van der Waals surface area contributed by atoms with Crippen LogP contribution in [0.3, 0.4) is 0 Å². The summed E-state index contributed by atoms with van der Waals surface area (Å²) < 4.78 is 5.32. The van der Waals surface area contributed by atoms with E-state index in [0.29, 0.717) is 18.8 Å². The number of rotatable bonds is 5. The van der Waals surface area contributed by atoms with Crippen LogP contribution in [-0.4, -0.2) is 22.8 Å². The first kappa shape index (κ1) is 11.4. The Bertz CT molecular complexity index is 346. The highest BCUT2D eigenvalue weighted by atomic mass is 16.5. The van der Waals surface area contributed by atoms with Crippen molar-refractivity contribution in [1.82, 2.24) is 0 Å². The molecule has 0 heterocycles. The monoisotopic (exact) mass is 210 g/mol. The van der Waals surface area contributed by atoms with Gasteiger partial charge in [-0.05, 0) is 37.1 Å². The predicted molar refractivity (Wildman–Crippen MR) is 55.2 cm³/mol. The van der Waals surface area contributed by atoms with Crippen LogP contribution in [0.5, 0.6) is 11.5 Å². The molecule has 0 atom stereocenters. The third-order valence-electron chi connectivity index (χ3n) is 1.97. The summed E-state index contributed by atoms with van der Waals surface area (Å²) in [6.45, 7) is 2.15. The maximum atomic E-state index is 10.2. The quantitative estimate of drug-likeness (QED) is 0.729. The lowest BCUT2D eigenvalue weighted by molar-refractivity contribution is -0.137. The van der Waals surface area contributed by atoms with Gasteiger partial charge in [0.05, 0.1) is 6.61 Å². The van der Waals surface area contributed by atoms with Crippen molar-refractivity contribution in [3.8, 4) is 11.5 Å². The van der Waals surface area contributed by atoms with E-state index in [2.05, 4.69) is 0 Å². The molecule has 2 N–H and O–H groups in total. The number of aliphatic carboxylic acids is 1. The van der Waals surface area contributed by atoms with Crippen LogP contribution in [0.4, 0.5) is 0 Å². The molecule has 1 aromatic rings. The Hall–Kier alpha value is -1.71. The Morgan fingerprint density at radius 1 is 1.47 bits per heavy atom. The molecule has 0 aromatic heterocycles. The molecule has 4 heteroatoms. The van der Waals surface area contributed by atoms with Gasteiger partial charge in [0.2, 0.25) is 0 Å². The summed E-state index contributed by atoms with van der Waals surface area (Å²) >= 11 is 0. The van der Waals surface area contributed by atoms with Gasteiger partial charge >= 0.3 is 5.97 Å². The lowest BCUT2D eigenvalue weighted by Crippen LogP contribution is -2.02. The van der Waals surface area contributed by atoms with Crippen molar-refractivity contribution in [2.75, 3.05) is 6.61 Å². The minimum absolute atomic E-state index is 0.108. The van der Waals surface area contributed by atoms with Gasteiger partial charge in [-0.3, -0.25) is 4.79 Å². The summed E-state index contributed by atoms with van der Waals surface area (Å²) in [4.78, 5) is 10.2. The van der Waals surface area contributed by atoms with Gasteiger partial charge in [0.1, 0.15) is 11.5 Å². The second-order valence-electron chi connectivity index (χ2n) is 3.29. The normalized spacial score (nSPS) is 9.93. The zero-order valence-corrected chi connectivity index (χ0v) is 8.56. The van der Waals surface area contributed by atoms with E-state index in [1.54, 1.807) is 25.1 Å². The molecule has 0 saturated carbocycles. The summed E-state index contributed by atoms with van der Waals surface area (Å²) in [5.74, 6) is 0.0593. The highest BCUT2D eigenvalue weighted by molar-refractivity contribution is 5.66. The number of carboxylic acid groups (broad SMARTS) is 1. The number of hydrogen-bond acceptors (Lipinski definition) is 3. The Morgan fingerprint density at radius 2 is 2.20 bits per heavy atom. The average molecular weight is 210 g/mol. The van der Waals surface area contributed by atoms with Crippen molar-refractivity contribution < 1.29 is 19.7 Å². The fourth-order valence-corrected chi connectivity index (χ4v) is 1.13. The van der Waals surface area contributed by atoms with Gasteiger partial charge in [0.25, 0.3) is 0 Å². The molecule has 1 aromatic carbocycles. The van der Waals surface area contributed by atoms with E-state index in [0.717, 1.165) is 5.56 Å². The molecule has 4 nitrogen and oxygen atoms in total. The number of carboxylic acids is 1. The number of aryl methyl sites for hydroxylation is 1. The van der Waals surface area contributed by atoms with Crippen molar-refractivity contribution >= 4 is 5.97 Å². The van der Waals surface area contributed by atoms with Gasteiger partial charge in [-0.2, -0.15) is 0 Å². The van der Waals surface area contributed by atoms with E-state index in [4.69, 9.17) is 9.84 Å². The molecule has 0 fully saturated rings. The van der Waals surface area contributed by atoms with Gasteiger partial charge in [0.15, 0.2) is 0 Å². The van der Waals surface area contributed by atoms with Crippen LogP contribution in [0.25, 0.3) is 0 Å². The van der Waals surface area contributed by atoms with Crippen molar-refractivity contribution in [2.45, 2.75) is 19.8 Å². The average Bonchev–Trinajstić information content (AvgIpc) is 2.18. The number of phenols is 1. The molecule has 0 saturated heterocycles.